The normalized spacial score (nSPS) is 20.9. The van der Waals surface area contributed by atoms with Crippen molar-refractivity contribution in [3.05, 3.63) is 17.9 Å². The van der Waals surface area contributed by atoms with Crippen molar-refractivity contribution in [3.63, 3.8) is 0 Å². The zero-order valence-electron chi connectivity index (χ0n) is 32.0. The van der Waals surface area contributed by atoms with Gasteiger partial charge < -0.3 is 34.3 Å². The molecule has 0 bridgehead atoms. The largest absolute Gasteiger partial charge is 0.462 e. The van der Waals surface area contributed by atoms with E-state index in [-0.39, 0.29) is 19.4 Å². The summed E-state index contributed by atoms with van der Waals surface area (Å²) in [4.78, 5) is 25.2. The van der Waals surface area contributed by atoms with Crippen LogP contribution in [0.5, 0.6) is 0 Å². The smallest absolute Gasteiger partial charge is 0.306 e. The molecule has 0 aromatic carbocycles. The van der Waals surface area contributed by atoms with Gasteiger partial charge in [-0.2, -0.15) is 8.42 Å². The van der Waals surface area contributed by atoms with Crippen LogP contribution >= 0.6 is 0 Å². The van der Waals surface area contributed by atoms with Crippen LogP contribution in [0.3, 0.4) is 0 Å². The molecule has 1 aliphatic heterocycles. The minimum atomic E-state index is -4.60. The summed E-state index contributed by atoms with van der Waals surface area (Å²) >= 11 is 0. The van der Waals surface area contributed by atoms with Gasteiger partial charge in [0.25, 0.3) is 10.1 Å². The molecule has 0 saturated carbocycles. The number of aliphatic hydroxyl groups excluding tert-OH is 3. The van der Waals surface area contributed by atoms with Gasteiger partial charge in [-0.05, 0) is 50.7 Å². The van der Waals surface area contributed by atoms with E-state index < -0.39 is 71.2 Å². The van der Waals surface area contributed by atoms with E-state index in [2.05, 4.69) is 31.7 Å². The molecule has 52 heavy (non-hydrogen) atoms. The number of carbonyl (C=O) groups excluding carboxylic acids is 2. The number of ether oxygens (including phenoxy) is 4. The second-order valence-electron chi connectivity index (χ2n) is 14.1. The number of aliphatic hydroxyl groups is 3. The lowest BCUT2D eigenvalue weighted by molar-refractivity contribution is -0.297. The van der Waals surface area contributed by atoms with Crippen LogP contribution in [-0.2, 0) is 38.7 Å². The van der Waals surface area contributed by atoms with E-state index in [0.717, 1.165) is 57.8 Å². The highest BCUT2D eigenvalue weighted by Crippen LogP contribution is 2.24. The van der Waals surface area contributed by atoms with Crippen molar-refractivity contribution in [1.82, 2.24) is 0 Å². The zero-order valence-corrected chi connectivity index (χ0v) is 32.8. The predicted octanol–water partition coefficient (Wildman–Crippen LogP) is 6.88. The highest BCUT2D eigenvalue weighted by atomic mass is 32.2. The third kappa shape index (κ3) is 25.2. The molecular weight excluding hydrogens is 692 g/mol. The van der Waals surface area contributed by atoms with Crippen molar-refractivity contribution >= 4 is 22.1 Å². The Bertz CT molecular complexity index is 1090. The number of hydrogen-bond donors (Lipinski definition) is 4. The highest BCUT2D eigenvalue weighted by Gasteiger charge is 2.46. The third-order valence-electron chi connectivity index (χ3n) is 9.12. The quantitative estimate of drug-likeness (QED) is 0.0241. The first-order valence-corrected chi connectivity index (χ1v) is 21.6. The first-order chi connectivity index (χ1) is 25.0. The van der Waals surface area contributed by atoms with Crippen LogP contribution in [0.1, 0.15) is 162 Å². The van der Waals surface area contributed by atoms with E-state index in [4.69, 9.17) is 18.9 Å². The second kappa shape index (κ2) is 30.5. The maximum atomic E-state index is 12.7. The Hall–Kier alpha value is -1.83. The number of esters is 2. The molecule has 304 valence electrons. The van der Waals surface area contributed by atoms with Crippen molar-refractivity contribution in [1.29, 1.82) is 0 Å². The van der Waals surface area contributed by atoms with Crippen molar-refractivity contribution in [3.8, 4) is 0 Å². The first-order valence-electron chi connectivity index (χ1n) is 20.0. The molecule has 0 spiro atoms. The van der Waals surface area contributed by atoms with Gasteiger partial charge in [0.15, 0.2) is 12.4 Å². The Morgan fingerprint density at radius 3 is 1.67 bits per heavy atom. The Morgan fingerprint density at radius 2 is 1.15 bits per heavy atom. The molecule has 2 unspecified atom stereocenters. The molecule has 1 rings (SSSR count). The molecule has 1 saturated heterocycles. The van der Waals surface area contributed by atoms with Gasteiger partial charge in [0, 0.05) is 12.8 Å². The van der Waals surface area contributed by atoms with Crippen molar-refractivity contribution in [2.75, 3.05) is 19.0 Å². The van der Waals surface area contributed by atoms with Crippen LogP contribution < -0.4 is 0 Å². The van der Waals surface area contributed by atoms with Crippen LogP contribution in [0.4, 0.5) is 0 Å². The van der Waals surface area contributed by atoms with Gasteiger partial charge in [0.05, 0.1) is 6.61 Å². The summed E-state index contributed by atoms with van der Waals surface area (Å²) < 4.78 is 53.8. The van der Waals surface area contributed by atoms with E-state index in [0.29, 0.717) is 12.8 Å². The maximum absolute atomic E-state index is 12.7. The molecular formula is C39H70O12S. The van der Waals surface area contributed by atoms with Crippen molar-refractivity contribution in [2.45, 2.75) is 198 Å². The number of rotatable bonds is 32. The molecule has 0 radical (unpaired) electrons. The SMILES string of the molecule is CCCCCCCC=C=CCCCCCCCC(=O)OC[C@H](CO[C@H]1O[C@H](CS(=O)(=O)O)[C@@H](O)C(O)C1O)OC(=O)CCCCCCCCCCC. The second-order valence-corrected chi connectivity index (χ2v) is 15.6. The first kappa shape index (κ1) is 48.2. The van der Waals surface area contributed by atoms with E-state index in [1.165, 1.54) is 64.2 Å². The molecule has 0 amide bonds. The molecule has 0 aromatic heterocycles. The van der Waals surface area contributed by atoms with Crippen molar-refractivity contribution in [2.24, 2.45) is 0 Å². The molecule has 1 heterocycles. The van der Waals surface area contributed by atoms with Gasteiger partial charge in [-0.15, -0.1) is 5.73 Å². The highest BCUT2D eigenvalue weighted by molar-refractivity contribution is 7.85. The monoisotopic (exact) mass is 762 g/mol. The lowest BCUT2D eigenvalue weighted by Gasteiger charge is -2.40. The molecule has 4 N–H and O–H groups in total. The molecule has 12 nitrogen and oxygen atoms in total. The fourth-order valence-corrected chi connectivity index (χ4v) is 6.64. The molecule has 1 aliphatic rings. The Morgan fingerprint density at radius 1 is 0.673 bits per heavy atom. The summed E-state index contributed by atoms with van der Waals surface area (Å²) in [7, 11) is -4.60. The van der Waals surface area contributed by atoms with E-state index in [9.17, 15) is 37.9 Å². The summed E-state index contributed by atoms with van der Waals surface area (Å²) in [5, 5.41) is 30.7. The van der Waals surface area contributed by atoms with E-state index in [1.807, 2.05) is 0 Å². The van der Waals surface area contributed by atoms with Crippen LogP contribution in [0.2, 0.25) is 0 Å². The van der Waals surface area contributed by atoms with Gasteiger partial charge in [0.2, 0.25) is 0 Å². The van der Waals surface area contributed by atoms with Crippen LogP contribution in [0, 0.1) is 0 Å². The Labute approximate surface area is 313 Å². The number of allylic oxidation sites excluding steroid dienone is 1. The lowest BCUT2D eigenvalue weighted by atomic mass is 10.00. The average molecular weight is 763 g/mol. The van der Waals surface area contributed by atoms with Crippen molar-refractivity contribution < 1.29 is 56.8 Å². The number of unbranched alkanes of at least 4 members (excludes halogenated alkanes) is 18. The Kier molecular flexibility index (Phi) is 28.3. The van der Waals surface area contributed by atoms with E-state index >= 15 is 0 Å². The minimum absolute atomic E-state index is 0.162. The topological polar surface area (TPSA) is 186 Å². The number of hydrogen-bond acceptors (Lipinski definition) is 11. The summed E-state index contributed by atoms with van der Waals surface area (Å²) in [6.45, 7) is 3.67. The average Bonchev–Trinajstić information content (AvgIpc) is 3.10. The lowest BCUT2D eigenvalue weighted by Crippen LogP contribution is -2.60. The molecule has 0 aliphatic carbocycles. The fraction of sp³-hybridized carbons (Fsp3) is 0.872. The van der Waals surface area contributed by atoms with E-state index in [1.54, 1.807) is 0 Å². The maximum Gasteiger partial charge on any atom is 0.306 e. The molecule has 6 atom stereocenters. The predicted molar refractivity (Wildman–Crippen MR) is 200 cm³/mol. The van der Waals surface area contributed by atoms with Gasteiger partial charge in [-0.25, -0.2) is 0 Å². The van der Waals surface area contributed by atoms with Crippen LogP contribution in [0.25, 0.3) is 0 Å². The third-order valence-corrected chi connectivity index (χ3v) is 9.87. The molecule has 0 aromatic rings. The van der Waals surface area contributed by atoms with Crippen LogP contribution in [0.15, 0.2) is 17.9 Å². The zero-order chi connectivity index (χ0) is 38.5. The van der Waals surface area contributed by atoms with Crippen LogP contribution in [-0.4, -0.2) is 96.0 Å². The van der Waals surface area contributed by atoms with Gasteiger partial charge in [-0.1, -0.05) is 110 Å². The van der Waals surface area contributed by atoms with Gasteiger partial charge in [0.1, 0.15) is 36.8 Å². The summed E-state index contributed by atoms with van der Waals surface area (Å²) in [6, 6.07) is 0. The summed E-state index contributed by atoms with van der Waals surface area (Å²) in [6.07, 6.45) is 17.7. The Balaban J connectivity index is 2.51. The summed E-state index contributed by atoms with van der Waals surface area (Å²) in [5.41, 5.74) is 3.27. The number of carbonyl (C=O) groups is 2. The molecule has 13 heteroatoms. The fourth-order valence-electron chi connectivity index (χ4n) is 5.95. The van der Waals surface area contributed by atoms with Gasteiger partial charge in [-0.3, -0.25) is 14.1 Å². The molecule has 1 fully saturated rings. The standard InChI is InChI=1S/C39H70O12S/c1-3-5-7-9-11-13-14-15-16-17-18-20-21-23-25-27-34(40)48-29-32(50-35(41)28-26-24-22-19-12-10-8-6-4-2)30-49-39-38(44)37(43)36(42)33(51-39)31-52(45,46)47/h14,16,32-33,36-39,42-44H,3-13,17-31H2,1-2H3,(H,45,46,47)/t15?,32-,33-,36-,37?,38?,39+/m1/s1. The minimum Gasteiger partial charge on any atom is -0.462 e. The van der Waals surface area contributed by atoms with Gasteiger partial charge >= 0.3 is 11.9 Å². The summed E-state index contributed by atoms with van der Waals surface area (Å²) in [5.74, 6) is -2.01.